The van der Waals surface area contributed by atoms with E-state index in [9.17, 15) is 18.4 Å². The first-order chi connectivity index (χ1) is 14.3. The highest BCUT2D eigenvalue weighted by atomic mass is 35.5. The van der Waals surface area contributed by atoms with Crippen molar-refractivity contribution in [2.24, 2.45) is 0 Å². The lowest BCUT2D eigenvalue weighted by atomic mass is 10.1. The zero-order valence-corrected chi connectivity index (χ0v) is 16.2. The fraction of sp³-hybridized carbons (Fsp3) is 0.0526. The van der Waals surface area contributed by atoms with E-state index in [4.69, 9.17) is 27.7 Å². The van der Waals surface area contributed by atoms with Crippen molar-refractivity contribution in [1.29, 1.82) is 5.26 Å². The van der Waals surface area contributed by atoms with Crippen molar-refractivity contribution in [2.75, 3.05) is 0 Å². The molecule has 0 saturated carbocycles. The second kappa shape index (κ2) is 7.48. The summed E-state index contributed by atoms with van der Waals surface area (Å²) in [6.07, 6.45) is -3.04. The average molecular weight is 450 g/mol. The van der Waals surface area contributed by atoms with Gasteiger partial charge in [0, 0.05) is 5.56 Å². The Bertz CT molecular complexity index is 1250. The van der Waals surface area contributed by atoms with Crippen molar-refractivity contribution in [3.8, 4) is 34.5 Å². The lowest BCUT2D eigenvalue weighted by Gasteiger charge is -2.07. The number of halogens is 5. The third-order valence-electron chi connectivity index (χ3n) is 4.19. The van der Waals surface area contributed by atoms with E-state index in [-0.39, 0.29) is 32.8 Å². The molecule has 0 fully saturated rings. The van der Waals surface area contributed by atoms with E-state index in [0.29, 0.717) is 11.3 Å². The van der Waals surface area contributed by atoms with E-state index in [1.807, 2.05) is 6.07 Å². The van der Waals surface area contributed by atoms with Crippen molar-refractivity contribution in [1.82, 2.24) is 20.2 Å². The maximum Gasteiger partial charge on any atom is 0.416 e. The van der Waals surface area contributed by atoms with E-state index in [1.54, 1.807) is 18.2 Å². The standard InChI is InChI=1S/C19H8Cl2F3N5O/c20-13-2-1-3-14(21)16(13)17-12(8-25)18(30-27-17)15-9-29(28-26-15)11-6-4-10(5-7-11)19(22,23)24/h1-7,9H. The van der Waals surface area contributed by atoms with Gasteiger partial charge >= 0.3 is 6.18 Å². The predicted molar refractivity (Wildman–Crippen MR) is 102 cm³/mol. The number of hydrogen-bond donors (Lipinski definition) is 0. The summed E-state index contributed by atoms with van der Waals surface area (Å²) < 4.78 is 44.7. The van der Waals surface area contributed by atoms with Gasteiger partial charge < -0.3 is 4.52 Å². The number of rotatable bonds is 3. The molecule has 0 N–H and O–H groups in total. The highest BCUT2D eigenvalue weighted by Crippen LogP contribution is 2.38. The molecule has 4 rings (SSSR count). The lowest BCUT2D eigenvalue weighted by Crippen LogP contribution is -2.05. The van der Waals surface area contributed by atoms with Crippen LogP contribution in [0.4, 0.5) is 13.2 Å². The van der Waals surface area contributed by atoms with Gasteiger partial charge in [-0.2, -0.15) is 18.4 Å². The Labute approximate surface area is 177 Å². The highest BCUT2D eigenvalue weighted by Gasteiger charge is 2.30. The predicted octanol–water partition coefficient (Wildman–Crippen LogP) is 5.79. The van der Waals surface area contributed by atoms with Crippen LogP contribution in [0, 0.1) is 11.3 Å². The molecule has 30 heavy (non-hydrogen) atoms. The van der Waals surface area contributed by atoms with E-state index in [0.717, 1.165) is 12.1 Å². The van der Waals surface area contributed by atoms with Gasteiger partial charge in [0.25, 0.3) is 0 Å². The molecule has 0 amide bonds. The Morgan fingerprint density at radius 3 is 2.30 bits per heavy atom. The summed E-state index contributed by atoms with van der Waals surface area (Å²) in [5.41, 5.74) is 0.247. The van der Waals surface area contributed by atoms with Crippen LogP contribution in [0.2, 0.25) is 10.0 Å². The van der Waals surface area contributed by atoms with Crippen molar-refractivity contribution in [3.63, 3.8) is 0 Å². The van der Waals surface area contributed by atoms with E-state index in [1.165, 1.54) is 23.0 Å². The van der Waals surface area contributed by atoms with E-state index < -0.39 is 11.7 Å². The first-order valence-electron chi connectivity index (χ1n) is 8.24. The summed E-state index contributed by atoms with van der Waals surface area (Å²) in [4.78, 5) is 0. The largest absolute Gasteiger partial charge is 0.416 e. The maximum absolute atomic E-state index is 12.7. The Morgan fingerprint density at radius 1 is 1.03 bits per heavy atom. The van der Waals surface area contributed by atoms with Gasteiger partial charge in [0.2, 0.25) is 5.76 Å². The molecule has 2 aromatic heterocycles. The van der Waals surface area contributed by atoms with Crippen LogP contribution in [0.15, 0.2) is 53.2 Å². The monoisotopic (exact) mass is 449 g/mol. The number of nitrogens with zero attached hydrogens (tertiary/aromatic N) is 5. The average Bonchev–Trinajstić information content (AvgIpc) is 3.34. The Hall–Kier alpha value is -3.35. The van der Waals surface area contributed by atoms with Gasteiger partial charge in [0.1, 0.15) is 17.3 Å². The molecule has 2 aromatic carbocycles. The third-order valence-corrected chi connectivity index (χ3v) is 4.82. The normalized spacial score (nSPS) is 11.5. The topological polar surface area (TPSA) is 80.5 Å². The van der Waals surface area contributed by atoms with Crippen LogP contribution in [0.1, 0.15) is 11.1 Å². The van der Waals surface area contributed by atoms with E-state index in [2.05, 4.69) is 15.5 Å². The van der Waals surface area contributed by atoms with Crippen LogP contribution >= 0.6 is 23.2 Å². The fourth-order valence-electron chi connectivity index (χ4n) is 2.76. The van der Waals surface area contributed by atoms with Gasteiger partial charge in [-0.3, -0.25) is 0 Å². The highest BCUT2D eigenvalue weighted by molar-refractivity contribution is 6.39. The van der Waals surface area contributed by atoms with Gasteiger partial charge in [0.15, 0.2) is 5.69 Å². The molecule has 0 radical (unpaired) electrons. The number of benzene rings is 2. The molecule has 6 nitrogen and oxygen atoms in total. The second-order valence-corrected chi connectivity index (χ2v) is 6.85. The van der Waals surface area contributed by atoms with E-state index >= 15 is 0 Å². The summed E-state index contributed by atoms with van der Waals surface area (Å²) in [6.45, 7) is 0. The summed E-state index contributed by atoms with van der Waals surface area (Å²) in [5, 5.41) is 21.9. The number of aromatic nitrogens is 4. The molecular weight excluding hydrogens is 442 g/mol. The van der Waals surface area contributed by atoms with Crippen molar-refractivity contribution < 1.29 is 17.7 Å². The Kier molecular flexibility index (Phi) is 4.97. The van der Waals surface area contributed by atoms with Crippen LogP contribution in [0.5, 0.6) is 0 Å². The number of alkyl halides is 3. The smallest absolute Gasteiger partial charge is 0.352 e. The molecular formula is C19H8Cl2F3N5O. The zero-order valence-electron chi connectivity index (χ0n) is 14.7. The van der Waals surface area contributed by atoms with Crippen molar-refractivity contribution in [2.45, 2.75) is 6.18 Å². The van der Waals surface area contributed by atoms with Crippen LogP contribution in [0.25, 0.3) is 28.4 Å². The molecule has 0 aliphatic rings. The third kappa shape index (κ3) is 3.51. The minimum absolute atomic E-state index is 0.0293. The SMILES string of the molecule is N#Cc1c(-c2c(Cl)cccc2Cl)noc1-c1cn(-c2ccc(C(F)(F)F)cc2)nn1. The zero-order chi connectivity index (χ0) is 21.5. The molecule has 0 unspecified atom stereocenters. The fourth-order valence-corrected chi connectivity index (χ4v) is 3.34. The Balaban J connectivity index is 1.73. The summed E-state index contributed by atoms with van der Waals surface area (Å²) in [5.74, 6) is 0.0293. The molecule has 11 heteroatoms. The second-order valence-electron chi connectivity index (χ2n) is 6.04. The first-order valence-corrected chi connectivity index (χ1v) is 8.99. The molecule has 0 aliphatic heterocycles. The molecule has 4 aromatic rings. The molecule has 0 atom stereocenters. The van der Waals surface area contributed by atoms with Gasteiger partial charge in [-0.1, -0.05) is 39.6 Å². The van der Waals surface area contributed by atoms with Crippen LogP contribution < -0.4 is 0 Å². The molecule has 2 heterocycles. The number of nitriles is 1. The van der Waals surface area contributed by atoms with Crippen LogP contribution in [-0.2, 0) is 6.18 Å². The molecule has 0 spiro atoms. The Morgan fingerprint density at radius 2 is 1.70 bits per heavy atom. The van der Waals surface area contributed by atoms with Gasteiger partial charge in [-0.25, -0.2) is 4.68 Å². The van der Waals surface area contributed by atoms with Crippen LogP contribution in [-0.4, -0.2) is 20.2 Å². The lowest BCUT2D eigenvalue weighted by molar-refractivity contribution is -0.137. The first kappa shape index (κ1) is 19.9. The quantitative estimate of drug-likeness (QED) is 0.395. The van der Waals surface area contributed by atoms with Gasteiger partial charge in [-0.15, -0.1) is 5.10 Å². The summed E-state index contributed by atoms with van der Waals surface area (Å²) in [7, 11) is 0. The minimum Gasteiger partial charge on any atom is -0.352 e. The summed E-state index contributed by atoms with van der Waals surface area (Å²) in [6, 6.07) is 11.2. The molecule has 0 bridgehead atoms. The van der Waals surface area contributed by atoms with Crippen LogP contribution in [0.3, 0.4) is 0 Å². The summed E-state index contributed by atoms with van der Waals surface area (Å²) >= 11 is 12.4. The molecule has 0 aliphatic carbocycles. The van der Waals surface area contributed by atoms with Gasteiger partial charge in [-0.05, 0) is 36.4 Å². The molecule has 0 saturated heterocycles. The molecule has 150 valence electrons. The van der Waals surface area contributed by atoms with Gasteiger partial charge in [0.05, 0.1) is 27.5 Å². The maximum atomic E-state index is 12.7. The van der Waals surface area contributed by atoms with Crippen molar-refractivity contribution in [3.05, 3.63) is 69.8 Å². The van der Waals surface area contributed by atoms with Crippen molar-refractivity contribution >= 4 is 23.2 Å². The number of hydrogen-bond acceptors (Lipinski definition) is 5. The minimum atomic E-state index is -4.44.